The zero-order chi connectivity index (χ0) is 35.8. The fourth-order valence-corrected chi connectivity index (χ4v) is 8.31. The molecule has 1 saturated carbocycles. The number of rotatable bonds is 7. The predicted molar refractivity (Wildman–Crippen MR) is 175 cm³/mol. The molecule has 2 heterocycles. The molecule has 2 aliphatic heterocycles. The van der Waals surface area contributed by atoms with Gasteiger partial charge in [-0.3, -0.25) is 19.2 Å². The van der Waals surface area contributed by atoms with E-state index in [0.717, 1.165) is 34.1 Å². The smallest absolute Gasteiger partial charge is 0.339 e. The molecular formula is C37H30N2O11. The Morgan fingerprint density at radius 1 is 0.740 bits per heavy atom. The van der Waals surface area contributed by atoms with Crippen molar-refractivity contribution in [3.63, 3.8) is 0 Å². The highest BCUT2D eigenvalue weighted by Gasteiger charge is 2.62. The van der Waals surface area contributed by atoms with Crippen LogP contribution in [0.25, 0.3) is 0 Å². The minimum absolute atomic E-state index is 0.00238. The summed E-state index contributed by atoms with van der Waals surface area (Å²) in [5, 5.41) is 51.0. The van der Waals surface area contributed by atoms with E-state index in [4.69, 9.17) is 0 Å². The molecule has 50 heavy (non-hydrogen) atoms. The normalized spacial score (nSPS) is 25.6. The molecule has 13 nitrogen and oxygen atoms in total. The Morgan fingerprint density at radius 2 is 1.30 bits per heavy atom. The zero-order valence-corrected chi connectivity index (χ0v) is 26.2. The van der Waals surface area contributed by atoms with E-state index < -0.39 is 93.7 Å². The van der Waals surface area contributed by atoms with Crippen LogP contribution in [0.2, 0.25) is 0 Å². The third kappa shape index (κ3) is 4.68. The first-order valence-corrected chi connectivity index (χ1v) is 15.9. The lowest BCUT2D eigenvalue weighted by molar-refractivity contribution is -0.126. The fraction of sp³-hybridized carbons (Fsp3) is 0.243. The number of anilines is 2. The molecular weight excluding hydrogens is 648 g/mol. The molecule has 4 amide bonds. The number of aromatic carboxylic acids is 2. The number of para-hydroxylation sites is 1. The van der Waals surface area contributed by atoms with Gasteiger partial charge < -0.3 is 25.5 Å². The number of amides is 4. The van der Waals surface area contributed by atoms with Crippen LogP contribution in [-0.4, -0.2) is 61.1 Å². The first-order valence-electron chi connectivity index (χ1n) is 15.9. The van der Waals surface area contributed by atoms with Gasteiger partial charge in [0, 0.05) is 23.6 Å². The highest BCUT2D eigenvalue weighted by Crippen LogP contribution is 2.59. The van der Waals surface area contributed by atoms with Crippen LogP contribution in [0, 0.1) is 29.6 Å². The van der Waals surface area contributed by atoms with Crippen molar-refractivity contribution < 1.29 is 54.3 Å². The van der Waals surface area contributed by atoms with E-state index in [1.165, 1.54) is 12.1 Å². The molecule has 2 saturated heterocycles. The molecule has 254 valence electrons. The Morgan fingerprint density at radius 3 is 1.84 bits per heavy atom. The average molecular weight is 679 g/mol. The largest absolute Gasteiger partial charge is 0.507 e. The van der Waals surface area contributed by atoms with Crippen molar-refractivity contribution >= 4 is 46.9 Å². The maximum Gasteiger partial charge on any atom is 0.339 e. The summed E-state index contributed by atoms with van der Waals surface area (Å²) in [7, 11) is 0. The number of hydrogen-bond donors (Lipinski definition) is 5. The van der Waals surface area contributed by atoms with Gasteiger partial charge in [-0.15, -0.1) is 6.58 Å². The molecule has 3 aromatic carbocycles. The first kappa shape index (κ1) is 32.3. The summed E-state index contributed by atoms with van der Waals surface area (Å²) in [6, 6.07) is 11.8. The number of imide groups is 2. The topological polar surface area (TPSA) is 210 Å². The molecule has 0 bridgehead atoms. The van der Waals surface area contributed by atoms with E-state index in [-0.39, 0.29) is 30.0 Å². The first-order chi connectivity index (χ1) is 23.8. The van der Waals surface area contributed by atoms with Gasteiger partial charge in [0.15, 0.2) is 0 Å². The predicted octanol–water partition coefficient (Wildman–Crippen LogP) is 3.97. The summed E-state index contributed by atoms with van der Waals surface area (Å²) in [5.74, 6) is -12.1. The van der Waals surface area contributed by atoms with Crippen molar-refractivity contribution in [3.8, 4) is 17.2 Å². The van der Waals surface area contributed by atoms with E-state index in [2.05, 4.69) is 6.58 Å². The summed E-state index contributed by atoms with van der Waals surface area (Å²) in [5.41, 5.74) is 0.597. The quantitative estimate of drug-likeness (QED) is 0.178. The summed E-state index contributed by atoms with van der Waals surface area (Å²) < 4.78 is 0. The number of hydrogen-bond acceptors (Lipinski definition) is 9. The highest BCUT2D eigenvalue weighted by atomic mass is 16.4. The van der Waals surface area contributed by atoms with Crippen LogP contribution in [0.3, 0.4) is 0 Å². The molecule has 7 rings (SSSR count). The van der Waals surface area contributed by atoms with Gasteiger partial charge >= 0.3 is 11.9 Å². The average Bonchev–Trinajstić information content (AvgIpc) is 3.48. The molecule has 3 fully saturated rings. The Labute approximate surface area is 284 Å². The van der Waals surface area contributed by atoms with Crippen molar-refractivity contribution in [1.82, 2.24) is 0 Å². The van der Waals surface area contributed by atoms with E-state index in [9.17, 15) is 54.3 Å². The van der Waals surface area contributed by atoms with E-state index >= 15 is 0 Å². The van der Waals surface area contributed by atoms with Gasteiger partial charge in [-0.25, -0.2) is 19.4 Å². The lowest BCUT2D eigenvalue weighted by Gasteiger charge is -2.44. The van der Waals surface area contributed by atoms with E-state index in [0.29, 0.717) is 23.1 Å². The van der Waals surface area contributed by atoms with Gasteiger partial charge in [0.1, 0.15) is 28.4 Å². The number of nitrogens with zero attached hydrogens (tertiary/aromatic N) is 2. The second-order valence-electron chi connectivity index (χ2n) is 12.9. The van der Waals surface area contributed by atoms with Gasteiger partial charge in [0.05, 0.1) is 35.0 Å². The number of carbonyl (C=O) groups is 6. The molecule has 0 spiro atoms. The number of carbonyl (C=O) groups excluding carboxylic acids is 4. The molecule has 0 radical (unpaired) electrons. The van der Waals surface area contributed by atoms with Crippen LogP contribution >= 0.6 is 0 Å². The van der Waals surface area contributed by atoms with Crippen LogP contribution in [0.4, 0.5) is 11.4 Å². The number of allylic oxidation sites excluding steroid dienone is 3. The third-order valence-electron chi connectivity index (χ3n) is 10.4. The van der Waals surface area contributed by atoms with Gasteiger partial charge in [-0.2, -0.15) is 0 Å². The van der Waals surface area contributed by atoms with Gasteiger partial charge in [-0.05, 0) is 55.0 Å². The molecule has 3 aromatic rings. The van der Waals surface area contributed by atoms with Crippen molar-refractivity contribution in [3.05, 3.63) is 101 Å². The summed E-state index contributed by atoms with van der Waals surface area (Å²) in [4.78, 5) is 81.4. The van der Waals surface area contributed by atoms with Crippen molar-refractivity contribution in [2.75, 3.05) is 9.80 Å². The van der Waals surface area contributed by atoms with Crippen molar-refractivity contribution in [2.24, 2.45) is 29.6 Å². The van der Waals surface area contributed by atoms with Gasteiger partial charge in [0.25, 0.3) is 0 Å². The number of phenols is 3. The standard InChI is InChI=1S/C37H30N2O11/c1-2-4-16-5-3-6-22(31(16)42)28-19-11-12-23-29(34(45)38(32(23)43)17-7-9-20(36(47)48)26(40)13-17)24(19)15-25-30(28)35(46)39(33(25)44)18-8-10-21(37(49)50)27(41)14-18/h2-3,5-11,13-14,23-25,28-30,40-42H,1,4,12,15H2,(H,47,48)(H,49,50). The van der Waals surface area contributed by atoms with Crippen LogP contribution < -0.4 is 9.80 Å². The van der Waals surface area contributed by atoms with Crippen LogP contribution in [0.15, 0.2) is 78.9 Å². The summed E-state index contributed by atoms with van der Waals surface area (Å²) >= 11 is 0. The third-order valence-corrected chi connectivity index (χ3v) is 10.4. The number of benzene rings is 3. The molecule has 0 aromatic heterocycles. The maximum absolute atomic E-state index is 14.3. The lowest BCUT2D eigenvalue weighted by atomic mass is 9.57. The Balaban J connectivity index is 1.34. The van der Waals surface area contributed by atoms with Gasteiger partial charge in [-0.1, -0.05) is 35.9 Å². The Hall–Kier alpha value is -6.24. The Kier molecular flexibility index (Phi) is 7.58. The molecule has 6 atom stereocenters. The second kappa shape index (κ2) is 11.7. The summed E-state index contributed by atoms with van der Waals surface area (Å²) in [6.07, 6.45) is 3.80. The Bertz CT molecular complexity index is 2100. The lowest BCUT2D eigenvalue weighted by Crippen LogP contribution is -2.43. The molecule has 2 aliphatic carbocycles. The number of carboxylic acid groups (broad SMARTS) is 2. The SMILES string of the molecule is C=CCc1cccc(C2C3=CCC4C(=O)N(c5ccc(C(=O)O)c(O)c5)C(=O)C4C3CC3C(=O)N(c4ccc(C(=O)O)c(O)c4)C(=O)C32)c1O. The highest BCUT2D eigenvalue weighted by molar-refractivity contribution is 6.24. The second-order valence-corrected chi connectivity index (χ2v) is 12.9. The molecule has 13 heteroatoms. The maximum atomic E-state index is 14.3. The van der Waals surface area contributed by atoms with Gasteiger partial charge in [0.2, 0.25) is 23.6 Å². The number of aromatic hydroxyl groups is 3. The number of fused-ring (bicyclic) bond motifs is 4. The monoisotopic (exact) mass is 678 g/mol. The fourth-order valence-electron chi connectivity index (χ4n) is 8.31. The summed E-state index contributed by atoms with van der Waals surface area (Å²) in [6.45, 7) is 3.75. The zero-order valence-electron chi connectivity index (χ0n) is 26.2. The van der Waals surface area contributed by atoms with E-state index in [1.807, 2.05) is 0 Å². The van der Waals surface area contributed by atoms with Crippen molar-refractivity contribution in [2.45, 2.75) is 25.2 Å². The van der Waals surface area contributed by atoms with Crippen LogP contribution in [-0.2, 0) is 25.6 Å². The van der Waals surface area contributed by atoms with Crippen LogP contribution in [0.5, 0.6) is 17.2 Å². The number of carboxylic acids is 2. The minimum Gasteiger partial charge on any atom is -0.507 e. The van der Waals surface area contributed by atoms with Crippen LogP contribution in [0.1, 0.15) is 50.6 Å². The van der Waals surface area contributed by atoms with Crippen molar-refractivity contribution in [1.29, 1.82) is 0 Å². The number of phenolic OH excluding ortho intramolecular Hbond substituents is 1. The minimum atomic E-state index is -1.40. The van der Waals surface area contributed by atoms with E-state index in [1.54, 1.807) is 30.4 Å². The molecule has 4 aliphatic rings. The molecule has 6 unspecified atom stereocenters. The molecule has 5 N–H and O–H groups in total.